The SMILES string of the molecule is O=C1CC(N2CCc3ccc(C(=O)O)cc3C2)C(=O)N1. The lowest BCUT2D eigenvalue weighted by Crippen LogP contribution is -2.43. The summed E-state index contributed by atoms with van der Waals surface area (Å²) in [7, 11) is 0. The van der Waals surface area contributed by atoms with Crippen LogP contribution in [0, 0.1) is 0 Å². The Balaban J connectivity index is 1.84. The molecule has 1 aromatic rings. The van der Waals surface area contributed by atoms with Gasteiger partial charge in [0.15, 0.2) is 0 Å². The molecule has 20 heavy (non-hydrogen) atoms. The van der Waals surface area contributed by atoms with Crippen LogP contribution in [0.1, 0.15) is 27.9 Å². The minimum atomic E-state index is -0.960. The summed E-state index contributed by atoms with van der Waals surface area (Å²) in [5, 5.41) is 11.3. The van der Waals surface area contributed by atoms with Crippen molar-refractivity contribution in [2.45, 2.75) is 25.4 Å². The highest BCUT2D eigenvalue weighted by molar-refractivity contribution is 6.05. The van der Waals surface area contributed by atoms with E-state index in [0.717, 1.165) is 17.5 Å². The van der Waals surface area contributed by atoms with Gasteiger partial charge in [0.2, 0.25) is 11.8 Å². The quantitative estimate of drug-likeness (QED) is 0.750. The maximum Gasteiger partial charge on any atom is 0.335 e. The average Bonchev–Trinajstić information content (AvgIpc) is 2.76. The molecule has 3 rings (SSSR count). The van der Waals surface area contributed by atoms with E-state index in [-0.39, 0.29) is 23.8 Å². The van der Waals surface area contributed by atoms with Crippen LogP contribution in [0.5, 0.6) is 0 Å². The fourth-order valence-electron chi connectivity index (χ4n) is 2.81. The Bertz CT molecular complexity index is 611. The smallest absolute Gasteiger partial charge is 0.335 e. The molecule has 1 aromatic carbocycles. The van der Waals surface area contributed by atoms with Crippen LogP contribution in [0.4, 0.5) is 0 Å². The molecule has 2 aliphatic heterocycles. The van der Waals surface area contributed by atoms with E-state index in [4.69, 9.17) is 5.11 Å². The van der Waals surface area contributed by atoms with Crippen molar-refractivity contribution in [3.8, 4) is 0 Å². The number of aromatic carboxylic acids is 1. The summed E-state index contributed by atoms with van der Waals surface area (Å²) >= 11 is 0. The van der Waals surface area contributed by atoms with Gasteiger partial charge in [0.05, 0.1) is 18.0 Å². The third kappa shape index (κ3) is 2.18. The maximum absolute atomic E-state index is 11.7. The van der Waals surface area contributed by atoms with Gasteiger partial charge in [0, 0.05) is 13.1 Å². The standard InChI is InChI=1S/C14H14N2O4/c17-12-6-11(13(18)15-12)16-4-3-8-1-2-9(14(19)20)5-10(8)7-16/h1-2,5,11H,3-4,6-7H2,(H,19,20)(H,15,17,18). The van der Waals surface area contributed by atoms with Crippen molar-refractivity contribution >= 4 is 17.8 Å². The topological polar surface area (TPSA) is 86.7 Å². The molecule has 0 bridgehead atoms. The number of imide groups is 1. The third-order valence-electron chi connectivity index (χ3n) is 3.88. The summed E-state index contributed by atoms with van der Waals surface area (Å²) in [6.07, 6.45) is 0.944. The molecule has 1 atom stereocenters. The predicted octanol–water partition coefficient (Wildman–Crippen LogP) is 0.158. The lowest BCUT2D eigenvalue weighted by molar-refractivity contribution is -0.126. The molecule has 1 saturated heterocycles. The van der Waals surface area contributed by atoms with Crippen LogP contribution >= 0.6 is 0 Å². The van der Waals surface area contributed by atoms with Crippen LogP contribution in [-0.2, 0) is 22.6 Å². The predicted molar refractivity (Wildman–Crippen MR) is 69.1 cm³/mol. The first-order valence-corrected chi connectivity index (χ1v) is 6.47. The van der Waals surface area contributed by atoms with E-state index < -0.39 is 12.0 Å². The van der Waals surface area contributed by atoms with Gasteiger partial charge in [-0.15, -0.1) is 0 Å². The highest BCUT2D eigenvalue weighted by Gasteiger charge is 2.36. The second kappa shape index (κ2) is 4.72. The molecule has 6 heteroatoms. The number of benzene rings is 1. The summed E-state index contributed by atoms with van der Waals surface area (Å²) in [6, 6.07) is 4.65. The molecule has 0 saturated carbocycles. The van der Waals surface area contributed by atoms with Crippen molar-refractivity contribution in [3.05, 3.63) is 34.9 Å². The molecule has 104 valence electrons. The van der Waals surface area contributed by atoms with Gasteiger partial charge < -0.3 is 5.11 Å². The van der Waals surface area contributed by atoms with Crippen LogP contribution < -0.4 is 5.32 Å². The van der Waals surface area contributed by atoms with E-state index in [1.165, 1.54) is 0 Å². The number of amides is 2. The summed E-state index contributed by atoms with van der Waals surface area (Å²) in [5.74, 6) is -1.46. The fourth-order valence-corrected chi connectivity index (χ4v) is 2.81. The van der Waals surface area contributed by atoms with Gasteiger partial charge in [-0.05, 0) is 29.7 Å². The van der Waals surface area contributed by atoms with Crippen molar-refractivity contribution in [2.75, 3.05) is 6.54 Å². The molecule has 0 aromatic heterocycles. The maximum atomic E-state index is 11.7. The van der Waals surface area contributed by atoms with E-state index in [0.29, 0.717) is 13.1 Å². The van der Waals surface area contributed by atoms with Crippen molar-refractivity contribution in [1.82, 2.24) is 10.2 Å². The minimum Gasteiger partial charge on any atom is -0.478 e. The molecular weight excluding hydrogens is 260 g/mol. The zero-order chi connectivity index (χ0) is 14.3. The number of nitrogens with zero attached hydrogens (tertiary/aromatic N) is 1. The van der Waals surface area contributed by atoms with Crippen molar-refractivity contribution < 1.29 is 19.5 Å². The summed E-state index contributed by atoms with van der Waals surface area (Å²) in [6.45, 7) is 1.20. The number of nitrogens with one attached hydrogen (secondary N) is 1. The number of hydrogen-bond acceptors (Lipinski definition) is 4. The van der Waals surface area contributed by atoms with Crippen LogP contribution in [0.2, 0.25) is 0 Å². The molecule has 6 nitrogen and oxygen atoms in total. The molecule has 1 fully saturated rings. The van der Waals surface area contributed by atoms with Crippen LogP contribution in [0.3, 0.4) is 0 Å². The summed E-state index contributed by atoms with van der Waals surface area (Å²) in [5.41, 5.74) is 2.27. The number of carboxylic acids is 1. The van der Waals surface area contributed by atoms with Gasteiger partial charge >= 0.3 is 5.97 Å². The van der Waals surface area contributed by atoms with Gasteiger partial charge in [-0.3, -0.25) is 19.8 Å². The second-order valence-electron chi connectivity index (χ2n) is 5.14. The molecule has 1 unspecified atom stereocenters. The average molecular weight is 274 g/mol. The van der Waals surface area contributed by atoms with Crippen LogP contribution in [-0.4, -0.2) is 40.4 Å². The first-order valence-electron chi connectivity index (χ1n) is 6.47. The minimum absolute atomic E-state index is 0.187. The summed E-state index contributed by atoms with van der Waals surface area (Å²) < 4.78 is 0. The molecule has 2 aliphatic rings. The number of hydrogen-bond donors (Lipinski definition) is 2. The molecular formula is C14H14N2O4. The monoisotopic (exact) mass is 274 g/mol. The number of rotatable bonds is 2. The molecule has 0 aliphatic carbocycles. The highest BCUT2D eigenvalue weighted by atomic mass is 16.4. The lowest BCUT2D eigenvalue weighted by atomic mass is 9.96. The van der Waals surface area contributed by atoms with Gasteiger partial charge in [-0.1, -0.05) is 6.07 Å². The number of carbonyl (C=O) groups excluding carboxylic acids is 2. The molecule has 2 heterocycles. The van der Waals surface area contributed by atoms with Gasteiger partial charge in [-0.25, -0.2) is 4.79 Å². The van der Waals surface area contributed by atoms with Gasteiger partial charge in [-0.2, -0.15) is 0 Å². The van der Waals surface area contributed by atoms with E-state index in [1.807, 2.05) is 11.0 Å². The van der Waals surface area contributed by atoms with E-state index in [1.54, 1.807) is 12.1 Å². The second-order valence-corrected chi connectivity index (χ2v) is 5.14. The Morgan fingerprint density at radius 3 is 2.75 bits per heavy atom. The van der Waals surface area contributed by atoms with Gasteiger partial charge in [0.1, 0.15) is 0 Å². The van der Waals surface area contributed by atoms with Gasteiger partial charge in [0.25, 0.3) is 0 Å². The first kappa shape index (κ1) is 12.8. The van der Waals surface area contributed by atoms with Crippen molar-refractivity contribution in [3.63, 3.8) is 0 Å². The Morgan fingerprint density at radius 2 is 2.10 bits per heavy atom. The fraction of sp³-hybridized carbons (Fsp3) is 0.357. The molecule has 2 N–H and O–H groups in total. The third-order valence-corrected chi connectivity index (χ3v) is 3.88. The van der Waals surface area contributed by atoms with E-state index in [9.17, 15) is 14.4 Å². The van der Waals surface area contributed by atoms with Crippen LogP contribution in [0.25, 0.3) is 0 Å². The Hall–Kier alpha value is -2.21. The normalized spacial score (nSPS) is 22.5. The first-order chi connectivity index (χ1) is 9.54. The van der Waals surface area contributed by atoms with Crippen LogP contribution in [0.15, 0.2) is 18.2 Å². The van der Waals surface area contributed by atoms with E-state index >= 15 is 0 Å². The Labute approximate surface area is 115 Å². The Morgan fingerprint density at radius 1 is 1.30 bits per heavy atom. The van der Waals surface area contributed by atoms with Crippen molar-refractivity contribution in [2.24, 2.45) is 0 Å². The molecule has 2 amide bonds. The number of carbonyl (C=O) groups is 3. The number of fused-ring (bicyclic) bond motifs is 1. The zero-order valence-electron chi connectivity index (χ0n) is 10.8. The highest BCUT2D eigenvalue weighted by Crippen LogP contribution is 2.24. The lowest BCUT2D eigenvalue weighted by Gasteiger charge is -2.31. The summed E-state index contributed by atoms with van der Waals surface area (Å²) in [4.78, 5) is 35.9. The Kier molecular flexibility index (Phi) is 3.02. The largest absolute Gasteiger partial charge is 0.478 e. The molecule has 0 radical (unpaired) electrons. The van der Waals surface area contributed by atoms with E-state index in [2.05, 4.69) is 5.32 Å². The molecule has 0 spiro atoms. The van der Waals surface area contributed by atoms with Crippen molar-refractivity contribution in [1.29, 1.82) is 0 Å². The zero-order valence-corrected chi connectivity index (χ0v) is 10.8. The number of carboxylic acid groups (broad SMARTS) is 1.